The van der Waals surface area contributed by atoms with E-state index in [4.69, 9.17) is 37.9 Å². The van der Waals surface area contributed by atoms with Gasteiger partial charge < -0.3 is 37.9 Å². The number of hydrogen-bond acceptors (Lipinski definition) is 8. The van der Waals surface area contributed by atoms with Crippen LogP contribution in [0.5, 0.6) is 34.5 Å². The topological polar surface area (TPSA) is 73.8 Å². The summed E-state index contributed by atoms with van der Waals surface area (Å²) in [5, 5.41) is 0. The van der Waals surface area contributed by atoms with E-state index in [0.717, 1.165) is 11.1 Å². The minimum atomic E-state index is -0.138. The van der Waals surface area contributed by atoms with Crippen molar-refractivity contribution in [1.29, 1.82) is 0 Å². The number of ether oxygens (including phenoxy) is 8. The van der Waals surface area contributed by atoms with Gasteiger partial charge in [-0.1, -0.05) is 0 Å². The molecule has 0 aromatic heterocycles. The Morgan fingerprint density at radius 1 is 0.531 bits per heavy atom. The molecule has 2 aliphatic rings. The predicted molar refractivity (Wildman–Crippen MR) is 117 cm³/mol. The van der Waals surface area contributed by atoms with Gasteiger partial charge in [0.15, 0.2) is 23.0 Å². The normalized spacial score (nSPS) is 24.1. The minimum absolute atomic E-state index is 0.138. The summed E-state index contributed by atoms with van der Waals surface area (Å²) in [6.07, 6.45) is -0.276. The van der Waals surface area contributed by atoms with Crippen LogP contribution < -0.4 is 28.4 Å². The summed E-state index contributed by atoms with van der Waals surface area (Å²) in [6.45, 7) is 1.15. The molecule has 174 valence electrons. The van der Waals surface area contributed by atoms with Gasteiger partial charge in [0.05, 0.1) is 68.1 Å². The summed E-state index contributed by atoms with van der Waals surface area (Å²) in [5.41, 5.74) is 1.95. The van der Waals surface area contributed by atoms with Crippen LogP contribution in [0, 0.1) is 11.8 Å². The maximum absolute atomic E-state index is 6.27. The molecule has 0 unspecified atom stereocenters. The highest BCUT2D eigenvalue weighted by atomic mass is 16.5. The van der Waals surface area contributed by atoms with Crippen molar-refractivity contribution in [1.82, 2.24) is 0 Å². The van der Waals surface area contributed by atoms with Crippen molar-refractivity contribution in [2.45, 2.75) is 12.2 Å². The van der Waals surface area contributed by atoms with Crippen LogP contribution in [0.4, 0.5) is 0 Å². The molecule has 2 aromatic rings. The molecule has 8 heteroatoms. The van der Waals surface area contributed by atoms with Crippen LogP contribution in [-0.4, -0.2) is 55.9 Å². The summed E-state index contributed by atoms with van der Waals surface area (Å²) in [6, 6.07) is 7.78. The third-order valence-corrected chi connectivity index (χ3v) is 6.30. The Morgan fingerprint density at radius 3 is 1.09 bits per heavy atom. The first-order valence-corrected chi connectivity index (χ1v) is 10.4. The second kappa shape index (κ2) is 9.34. The zero-order valence-electron chi connectivity index (χ0n) is 19.3. The van der Waals surface area contributed by atoms with Crippen molar-refractivity contribution in [3.05, 3.63) is 35.4 Å². The number of hydrogen-bond donors (Lipinski definition) is 0. The van der Waals surface area contributed by atoms with E-state index in [1.807, 2.05) is 24.3 Å². The Bertz CT molecular complexity index is 832. The summed E-state index contributed by atoms with van der Waals surface area (Å²) < 4.78 is 45.5. The average Bonchev–Trinajstić information content (AvgIpc) is 3.44. The molecule has 0 N–H and O–H groups in total. The van der Waals surface area contributed by atoms with E-state index in [1.165, 1.54) is 0 Å². The highest BCUT2D eigenvalue weighted by Crippen LogP contribution is 2.53. The van der Waals surface area contributed by atoms with E-state index in [9.17, 15) is 0 Å². The molecule has 0 saturated carbocycles. The zero-order chi connectivity index (χ0) is 22.8. The predicted octanol–water partition coefficient (Wildman–Crippen LogP) is 3.81. The lowest BCUT2D eigenvalue weighted by atomic mass is 9.84. The van der Waals surface area contributed by atoms with E-state index in [2.05, 4.69) is 0 Å². The lowest BCUT2D eigenvalue weighted by Gasteiger charge is -2.20. The van der Waals surface area contributed by atoms with E-state index < -0.39 is 0 Å². The summed E-state index contributed by atoms with van der Waals surface area (Å²) in [5.74, 6) is 3.91. The van der Waals surface area contributed by atoms with Crippen molar-refractivity contribution in [2.75, 3.05) is 55.9 Å². The molecular formula is C24H30O8. The molecule has 8 nitrogen and oxygen atoms in total. The fraction of sp³-hybridized carbons (Fsp3) is 0.500. The SMILES string of the molecule is COc1cc([C@H]2OC[C@@H]3[C@@H]2CO[C@H]3c2cc(OC)c(OC)c(OC)c2)cc(OC)c1OC. The standard InChI is InChI=1S/C24H30O8/c1-25-17-7-13(8-18(26-2)23(17)29-5)21-15-11-32-22(16(15)12-31-21)14-9-19(27-3)24(30-6)20(10-14)28-4/h7-10,15-16,21-22H,11-12H2,1-6H3/t15-,16+,21+,22-. The van der Waals surface area contributed by atoms with Crippen molar-refractivity contribution in [3.63, 3.8) is 0 Å². The van der Waals surface area contributed by atoms with Crippen LogP contribution in [-0.2, 0) is 9.47 Å². The second-order valence-electron chi connectivity index (χ2n) is 7.75. The number of rotatable bonds is 8. The Hall–Kier alpha value is -2.84. The fourth-order valence-electron chi connectivity index (χ4n) is 4.77. The summed E-state index contributed by atoms with van der Waals surface area (Å²) >= 11 is 0. The smallest absolute Gasteiger partial charge is 0.203 e. The zero-order valence-corrected chi connectivity index (χ0v) is 19.3. The van der Waals surface area contributed by atoms with Gasteiger partial charge in [-0.2, -0.15) is 0 Å². The second-order valence-corrected chi connectivity index (χ2v) is 7.75. The minimum Gasteiger partial charge on any atom is -0.493 e. The fourth-order valence-corrected chi connectivity index (χ4v) is 4.77. The summed E-state index contributed by atoms with van der Waals surface area (Å²) in [7, 11) is 9.62. The van der Waals surface area contributed by atoms with Crippen molar-refractivity contribution in [2.24, 2.45) is 11.8 Å². The lowest BCUT2D eigenvalue weighted by molar-refractivity contribution is 0.0190. The number of benzene rings is 2. The first-order valence-electron chi connectivity index (χ1n) is 10.4. The molecule has 32 heavy (non-hydrogen) atoms. The van der Waals surface area contributed by atoms with Gasteiger partial charge >= 0.3 is 0 Å². The maximum atomic E-state index is 6.27. The first kappa shape index (κ1) is 22.4. The highest BCUT2D eigenvalue weighted by Gasteiger charge is 2.48. The van der Waals surface area contributed by atoms with Gasteiger partial charge in [-0.15, -0.1) is 0 Å². The quantitative estimate of drug-likeness (QED) is 0.606. The summed E-state index contributed by atoms with van der Waals surface area (Å²) in [4.78, 5) is 0. The van der Waals surface area contributed by atoms with Crippen LogP contribution in [0.1, 0.15) is 23.3 Å². The van der Waals surface area contributed by atoms with Crippen molar-refractivity contribution < 1.29 is 37.9 Å². The molecule has 0 aliphatic carbocycles. The molecule has 0 spiro atoms. The molecule has 2 heterocycles. The molecule has 2 saturated heterocycles. The van der Waals surface area contributed by atoms with E-state index in [0.29, 0.717) is 47.7 Å². The number of methoxy groups -OCH3 is 6. The Morgan fingerprint density at radius 2 is 0.844 bits per heavy atom. The van der Waals surface area contributed by atoms with E-state index in [1.54, 1.807) is 42.7 Å². The Labute approximate surface area is 188 Å². The largest absolute Gasteiger partial charge is 0.493 e. The molecule has 4 rings (SSSR count). The third kappa shape index (κ3) is 3.67. The van der Waals surface area contributed by atoms with E-state index >= 15 is 0 Å². The van der Waals surface area contributed by atoms with Gasteiger partial charge in [0.25, 0.3) is 0 Å². The first-order chi connectivity index (χ1) is 15.6. The van der Waals surface area contributed by atoms with Crippen LogP contribution in [0.15, 0.2) is 24.3 Å². The van der Waals surface area contributed by atoms with Crippen molar-refractivity contribution >= 4 is 0 Å². The van der Waals surface area contributed by atoms with Crippen LogP contribution in [0.2, 0.25) is 0 Å². The Kier molecular flexibility index (Phi) is 6.53. The van der Waals surface area contributed by atoms with Gasteiger partial charge in [-0.25, -0.2) is 0 Å². The molecule has 4 atom stereocenters. The van der Waals surface area contributed by atoms with Crippen molar-refractivity contribution in [3.8, 4) is 34.5 Å². The third-order valence-electron chi connectivity index (χ3n) is 6.30. The molecule has 2 aliphatic heterocycles. The van der Waals surface area contributed by atoms with Gasteiger partial charge in [-0.05, 0) is 35.4 Å². The Balaban J connectivity index is 1.64. The molecule has 0 bridgehead atoms. The van der Waals surface area contributed by atoms with Gasteiger partial charge in [0.1, 0.15) is 0 Å². The highest BCUT2D eigenvalue weighted by molar-refractivity contribution is 5.55. The molecule has 0 radical (unpaired) electrons. The maximum Gasteiger partial charge on any atom is 0.203 e. The lowest BCUT2D eigenvalue weighted by Crippen LogP contribution is -2.15. The van der Waals surface area contributed by atoms with E-state index in [-0.39, 0.29) is 24.0 Å². The monoisotopic (exact) mass is 446 g/mol. The molecular weight excluding hydrogens is 416 g/mol. The average molecular weight is 446 g/mol. The van der Waals surface area contributed by atoms with Gasteiger partial charge in [-0.3, -0.25) is 0 Å². The van der Waals surface area contributed by atoms with Crippen LogP contribution >= 0.6 is 0 Å². The van der Waals surface area contributed by atoms with Gasteiger partial charge in [0.2, 0.25) is 11.5 Å². The van der Waals surface area contributed by atoms with Crippen LogP contribution in [0.25, 0.3) is 0 Å². The molecule has 0 amide bonds. The molecule has 2 fully saturated rings. The molecule has 2 aromatic carbocycles. The number of fused-ring (bicyclic) bond motifs is 1. The van der Waals surface area contributed by atoms with Crippen LogP contribution in [0.3, 0.4) is 0 Å². The van der Waals surface area contributed by atoms with Gasteiger partial charge in [0, 0.05) is 11.8 Å².